The molecule has 30 heavy (non-hydrogen) atoms. The minimum absolute atomic E-state index is 0.0533. The summed E-state index contributed by atoms with van der Waals surface area (Å²) in [7, 11) is -4.15. The van der Waals surface area contributed by atoms with Gasteiger partial charge in [0.05, 0.1) is 10.6 Å². The van der Waals surface area contributed by atoms with Gasteiger partial charge in [0.15, 0.2) is 11.5 Å². The van der Waals surface area contributed by atoms with Crippen molar-refractivity contribution >= 4 is 21.6 Å². The number of nitrogens with zero attached hydrogens (tertiary/aromatic N) is 2. The van der Waals surface area contributed by atoms with Gasteiger partial charge in [0.2, 0.25) is 5.91 Å². The standard InChI is InChI=1S/C21H23FN2O5S/c22-16-5-4-6-17(13-16)24(15-21(25)23-9-2-1-3-10-23)30(26,27)18-7-8-19-20(14-18)29-12-11-28-19/h4-8,13-14H,1-3,9-12,15H2. The van der Waals surface area contributed by atoms with Crippen molar-refractivity contribution in [2.24, 2.45) is 0 Å². The molecule has 1 amide bonds. The van der Waals surface area contributed by atoms with Crippen molar-refractivity contribution in [3.05, 3.63) is 48.3 Å². The van der Waals surface area contributed by atoms with Crippen molar-refractivity contribution in [2.75, 3.05) is 37.2 Å². The van der Waals surface area contributed by atoms with E-state index in [1.165, 1.54) is 36.4 Å². The molecule has 2 aliphatic heterocycles. The number of hydrogen-bond acceptors (Lipinski definition) is 5. The molecule has 2 heterocycles. The molecule has 0 spiro atoms. The van der Waals surface area contributed by atoms with E-state index in [9.17, 15) is 17.6 Å². The molecule has 0 aliphatic carbocycles. The molecule has 0 unspecified atom stereocenters. The third kappa shape index (κ3) is 4.21. The number of rotatable bonds is 5. The second-order valence-corrected chi connectivity index (χ2v) is 9.10. The maximum Gasteiger partial charge on any atom is 0.264 e. The number of carbonyl (C=O) groups excluding carboxylic acids is 1. The molecule has 160 valence electrons. The van der Waals surface area contributed by atoms with Gasteiger partial charge in [0.1, 0.15) is 25.6 Å². The Morgan fingerprint density at radius 2 is 1.73 bits per heavy atom. The highest BCUT2D eigenvalue weighted by Gasteiger charge is 2.31. The first-order valence-electron chi connectivity index (χ1n) is 9.91. The van der Waals surface area contributed by atoms with Crippen molar-refractivity contribution in [3.63, 3.8) is 0 Å². The molecule has 0 saturated carbocycles. The van der Waals surface area contributed by atoms with E-state index in [0.717, 1.165) is 29.6 Å². The lowest BCUT2D eigenvalue weighted by molar-refractivity contribution is -0.130. The van der Waals surface area contributed by atoms with Crippen LogP contribution in [-0.2, 0) is 14.8 Å². The predicted molar refractivity (Wildman–Crippen MR) is 109 cm³/mol. The van der Waals surface area contributed by atoms with Gasteiger partial charge in [-0.2, -0.15) is 0 Å². The maximum absolute atomic E-state index is 13.9. The lowest BCUT2D eigenvalue weighted by Gasteiger charge is -2.30. The fourth-order valence-electron chi connectivity index (χ4n) is 3.62. The van der Waals surface area contributed by atoms with Gasteiger partial charge in [0.25, 0.3) is 10.0 Å². The van der Waals surface area contributed by atoms with Crippen molar-refractivity contribution in [2.45, 2.75) is 24.2 Å². The topological polar surface area (TPSA) is 76.2 Å². The van der Waals surface area contributed by atoms with Crippen LogP contribution >= 0.6 is 0 Å². The first kappa shape index (κ1) is 20.5. The Hall–Kier alpha value is -2.81. The highest BCUT2D eigenvalue weighted by molar-refractivity contribution is 7.92. The molecule has 9 heteroatoms. The summed E-state index contributed by atoms with van der Waals surface area (Å²) in [6.07, 6.45) is 2.83. The first-order chi connectivity index (χ1) is 14.4. The van der Waals surface area contributed by atoms with Crippen molar-refractivity contribution in [3.8, 4) is 11.5 Å². The summed E-state index contributed by atoms with van der Waals surface area (Å²) in [5.74, 6) is -0.105. The summed E-state index contributed by atoms with van der Waals surface area (Å²) in [6.45, 7) is 1.50. The van der Waals surface area contributed by atoms with Crippen LogP contribution in [0.15, 0.2) is 47.4 Å². The van der Waals surface area contributed by atoms with Crippen LogP contribution in [0.5, 0.6) is 11.5 Å². The molecule has 4 rings (SSSR count). The van der Waals surface area contributed by atoms with E-state index in [2.05, 4.69) is 0 Å². The van der Waals surface area contributed by atoms with Crippen LogP contribution in [0.2, 0.25) is 0 Å². The number of piperidine rings is 1. The van der Waals surface area contributed by atoms with Gasteiger partial charge < -0.3 is 14.4 Å². The molecule has 0 aromatic heterocycles. The largest absolute Gasteiger partial charge is 0.486 e. The van der Waals surface area contributed by atoms with E-state index in [1.807, 2.05) is 0 Å². The van der Waals surface area contributed by atoms with Crippen LogP contribution in [-0.4, -0.2) is 52.1 Å². The molecule has 2 aliphatic rings. The van der Waals surface area contributed by atoms with Crippen LogP contribution in [0, 0.1) is 5.82 Å². The van der Waals surface area contributed by atoms with E-state index < -0.39 is 22.4 Å². The molecule has 1 saturated heterocycles. The number of likely N-dealkylation sites (tertiary alicyclic amines) is 1. The third-order valence-corrected chi connectivity index (χ3v) is 6.96. The number of sulfonamides is 1. The molecular weight excluding hydrogens is 411 g/mol. The Labute approximate surface area is 175 Å². The minimum atomic E-state index is -4.15. The first-order valence-corrected chi connectivity index (χ1v) is 11.3. The number of anilines is 1. The minimum Gasteiger partial charge on any atom is -0.486 e. The van der Waals surface area contributed by atoms with Crippen molar-refractivity contribution < 1.29 is 27.1 Å². The zero-order chi connectivity index (χ0) is 21.1. The summed E-state index contributed by atoms with van der Waals surface area (Å²) < 4.78 is 52.8. The number of ether oxygens (including phenoxy) is 2. The Morgan fingerprint density at radius 1 is 1.00 bits per heavy atom. The normalized spacial score (nSPS) is 16.2. The van der Waals surface area contributed by atoms with E-state index in [0.29, 0.717) is 37.8 Å². The average molecular weight is 434 g/mol. The monoisotopic (exact) mass is 434 g/mol. The van der Waals surface area contributed by atoms with Gasteiger partial charge in [-0.1, -0.05) is 6.07 Å². The number of carbonyl (C=O) groups is 1. The Balaban J connectivity index is 1.69. The second kappa shape index (κ2) is 8.51. The summed E-state index contributed by atoms with van der Waals surface area (Å²) >= 11 is 0. The second-order valence-electron chi connectivity index (χ2n) is 7.24. The summed E-state index contributed by atoms with van der Waals surface area (Å²) in [5, 5.41) is 0. The lowest BCUT2D eigenvalue weighted by atomic mass is 10.1. The zero-order valence-electron chi connectivity index (χ0n) is 16.4. The molecule has 0 N–H and O–H groups in total. The molecule has 0 radical (unpaired) electrons. The van der Waals surface area contributed by atoms with Gasteiger partial charge in [-0.25, -0.2) is 12.8 Å². The fourth-order valence-corrected chi connectivity index (χ4v) is 5.05. The fraction of sp³-hybridized carbons (Fsp3) is 0.381. The van der Waals surface area contributed by atoms with Crippen LogP contribution in [0.25, 0.3) is 0 Å². The smallest absolute Gasteiger partial charge is 0.264 e. The molecular formula is C21H23FN2O5S. The van der Waals surface area contributed by atoms with E-state index in [4.69, 9.17) is 9.47 Å². The van der Waals surface area contributed by atoms with Crippen LogP contribution in [0.3, 0.4) is 0 Å². The highest BCUT2D eigenvalue weighted by atomic mass is 32.2. The maximum atomic E-state index is 13.9. The highest BCUT2D eigenvalue weighted by Crippen LogP contribution is 2.34. The number of amides is 1. The van der Waals surface area contributed by atoms with Gasteiger partial charge >= 0.3 is 0 Å². The molecule has 7 nitrogen and oxygen atoms in total. The van der Waals surface area contributed by atoms with E-state index in [1.54, 1.807) is 4.90 Å². The van der Waals surface area contributed by atoms with Gasteiger partial charge in [-0.05, 0) is 49.6 Å². The third-order valence-electron chi connectivity index (χ3n) is 5.19. The number of fused-ring (bicyclic) bond motifs is 1. The molecule has 0 atom stereocenters. The van der Waals surface area contributed by atoms with Crippen molar-refractivity contribution in [1.82, 2.24) is 4.90 Å². The quantitative estimate of drug-likeness (QED) is 0.723. The van der Waals surface area contributed by atoms with Gasteiger partial charge in [-0.15, -0.1) is 0 Å². The van der Waals surface area contributed by atoms with Gasteiger partial charge in [0, 0.05) is 19.2 Å². The number of benzene rings is 2. The Morgan fingerprint density at radius 3 is 2.47 bits per heavy atom. The van der Waals surface area contributed by atoms with Crippen LogP contribution < -0.4 is 13.8 Å². The Bertz CT molecular complexity index is 1040. The molecule has 2 aromatic carbocycles. The molecule has 0 bridgehead atoms. The van der Waals surface area contributed by atoms with E-state index >= 15 is 0 Å². The van der Waals surface area contributed by atoms with Crippen molar-refractivity contribution in [1.29, 1.82) is 0 Å². The van der Waals surface area contributed by atoms with Crippen LogP contribution in [0.1, 0.15) is 19.3 Å². The predicted octanol–water partition coefficient (Wildman–Crippen LogP) is 2.80. The number of halogens is 1. The zero-order valence-corrected chi connectivity index (χ0v) is 17.2. The molecule has 1 fully saturated rings. The lowest BCUT2D eigenvalue weighted by Crippen LogP contribution is -2.44. The van der Waals surface area contributed by atoms with E-state index in [-0.39, 0.29) is 16.5 Å². The average Bonchev–Trinajstić information content (AvgIpc) is 2.77. The van der Waals surface area contributed by atoms with Crippen LogP contribution in [0.4, 0.5) is 10.1 Å². The summed E-state index contributed by atoms with van der Waals surface area (Å²) in [4.78, 5) is 14.5. The SMILES string of the molecule is O=C(CN(c1cccc(F)c1)S(=O)(=O)c1ccc2c(c1)OCCO2)N1CCCCC1. The van der Waals surface area contributed by atoms with Gasteiger partial charge in [-0.3, -0.25) is 9.10 Å². The number of hydrogen-bond donors (Lipinski definition) is 0. The Kier molecular flexibility index (Phi) is 5.80. The molecule has 2 aromatic rings. The summed E-state index contributed by atoms with van der Waals surface area (Å²) in [5.41, 5.74) is 0.0928. The summed E-state index contributed by atoms with van der Waals surface area (Å²) in [6, 6.07) is 9.54.